The quantitative estimate of drug-likeness (QED) is 0.295. The third-order valence-corrected chi connectivity index (χ3v) is 7.77. The number of likely N-dealkylation sites (tertiary alicyclic amines) is 1. The zero-order valence-corrected chi connectivity index (χ0v) is 21.4. The van der Waals surface area contributed by atoms with Gasteiger partial charge in [-0.2, -0.15) is 8.42 Å². The number of ether oxygens (including phenoxy) is 1. The van der Waals surface area contributed by atoms with Gasteiger partial charge in [0, 0.05) is 38.0 Å². The highest BCUT2D eigenvalue weighted by Gasteiger charge is 2.19. The molecule has 3 heterocycles. The van der Waals surface area contributed by atoms with Crippen molar-refractivity contribution in [3.8, 4) is 5.75 Å². The minimum Gasteiger partial charge on any atom is -0.382 e. The van der Waals surface area contributed by atoms with Crippen LogP contribution < -0.4 is 20.1 Å². The molecule has 0 aliphatic carbocycles. The lowest BCUT2D eigenvalue weighted by Crippen LogP contribution is -2.36. The number of anilines is 2. The summed E-state index contributed by atoms with van der Waals surface area (Å²) >= 11 is 0. The molecule has 12 heteroatoms. The zero-order valence-electron chi connectivity index (χ0n) is 20.5. The topological polar surface area (TPSA) is 138 Å². The molecule has 2 fully saturated rings. The van der Waals surface area contributed by atoms with Crippen molar-refractivity contribution in [2.45, 2.75) is 36.7 Å². The van der Waals surface area contributed by atoms with Gasteiger partial charge in [0.2, 0.25) is 5.95 Å². The first kappa shape index (κ1) is 25.3. The number of nitrogens with zero attached hydrogens (tertiary/aromatic N) is 2. The van der Waals surface area contributed by atoms with Crippen LogP contribution in [0.1, 0.15) is 25.7 Å². The van der Waals surface area contributed by atoms with Gasteiger partial charge >= 0.3 is 16.1 Å². The van der Waals surface area contributed by atoms with E-state index in [1.54, 1.807) is 18.2 Å². The highest BCUT2D eigenvalue weighted by molar-refractivity contribution is 7.87. The van der Waals surface area contributed by atoms with Crippen LogP contribution in [-0.2, 0) is 14.9 Å². The van der Waals surface area contributed by atoms with Crippen molar-refractivity contribution < 1.29 is 22.1 Å². The Morgan fingerprint density at radius 2 is 1.95 bits per heavy atom. The first-order valence-electron chi connectivity index (χ1n) is 12.6. The van der Waals surface area contributed by atoms with E-state index in [1.165, 1.54) is 37.1 Å². The summed E-state index contributed by atoms with van der Waals surface area (Å²) in [7, 11) is -4.03. The average Bonchev–Trinajstić information content (AvgIpc) is 3.65. The molecular formula is C25H32N6O5S. The Labute approximate surface area is 216 Å². The first-order chi connectivity index (χ1) is 17.9. The fourth-order valence-electron chi connectivity index (χ4n) is 4.53. The SMILES string of the molecule is O=C(NCCN1CCCC1)Nc1nc2cc(OS(=O)(=O)c3ccc(NCC4CCCO4)cc3)ccc2[nH]1. The summed E-state index contributed by atoms with van der Waals surface area (Å²) in [4.78, 5) is 21.9. The molecule has 2 aromatic carbocycles. The van der Waals surface area contributed by atoms with Crippen LogP contribution in [0.4, 0.5) is 16.4 Å². The maximum atomic E-state index is 12.8. The van der Waals surface area contributed by atoms with Crippen molar-refractivity contribution >= 4 is 38.8 Å². The van der Waals surface area contributed by atoms with E-state index in [4.69, 9.17) is 8.92 Å². The number of urea groups is 1. The Morgan fingerprint density at radius 1 is 1.14 bits per heavy atom. The fraction of sp³-hybridized carbons (Fsp3) is 0.440. The number of aromatic amines is 1. The van der Waals surface area contributed by atoms with Gasteiger partial charge in [0.05, 0.1) is 17.1 Å². The van der Waals surface area contributed by atoms with E-state index in [0.717, 1.165) is 44.8 Å². The summed E-state index contributed by atoms with van der Waals surface area (Å²) in [6.45, 7) is 4.99. The van der Waals surface area contributed by atoms with Crippen molar-refractivity contribution in [1.82, 2.24) is 20.2 Å². The van der Waals surface area contributed by atoms with Gasteiger partial charge in [-0.3, -0.25) is 5.32 Å². The molecule has 3 aromatic rings. The van der Waals surface area contributed by atoms with Crippen LogP contribution in [-0.4, -0.2) is 74.8 Å². The number of hydrogen-bond acceptors (Lipinski definition) is 8. The molecule has 5 rings (SSSR count). The molecule has 0 saturated carbocycles. The molecule has 1 atom stereocenters. The van der Waals surface area contributed by atoms with E-state index in [1.807, 2.05) is 0 Å². The van der Waals surface area contributed by atoms with Crippen LogP contribution >= 0.6 is 0 Å². The van der Waals surface area contributed by atoms with Crippen molar-refractivity contribution in [3.05, 3.63) is 42.5 Å². The number of benzene rings is 2. The molecule has 1 unspecified atom stereocenters. The number of aromatic nitrogens is 2. The Hall–Kier alpha value is -3.35. The predicted molar refractivity (Wildman–Crippen MR) is 141 cm³/mol. The molecule has 0 spiro atoms. The number of H-pyrrole nitrogens is 1. The molecule has 2 amide bonds. The summed E-state index contributed by atoms with van der Waals surface area (Å²) in [5.74, 6) is 0.390. The molecule has 2 aliphatic heterocycles. The number of hydrogen-bond donors (Lipinski definition) is 4. The second-order valence-corrected chi connectivity index (χ2v) is 10.8. The van der Waals surface area contributed by atoms with E-state index < -0.39 is 10.1 Å². The monoisotopic (exact) mass is 528 g/mol. The zero-order chi connectivity index (χ0) is 25.7. The van der Waals surface area contributed by atoms with E-state index in [9.17, 15) is 13.2 Å². The highest BCUT2D eigenvalue weighted by atomic mass is 32.2. The third kappa shape index (κ3) is 6.70. The molecule has 4 N–H and O–H groups in total. The third-order valence-electron chi connectivity index (χ3n) is 6.51. The Morgan fingerprint density at radius 3 is 2.70 bits per heavy atom. The number of nitrogens with one attached hydrogen (secondary N) is 4. The maximum Gasteiger partial charge on any atom is 0.339 e. The largest absolute Gasteiger partial charge is 0.382 e. The minimum atomic E-state index is -4.03. The van der Waals surface area contributed by atoms with Crippen molar-refractivity contribution in [2.24, 2.45) is 0 Å². The predicted octanol–water partition coefficient (Wildman–Crippen LogP) is 3.14. The molecule has 1 aromatic heterocycles. The molecule has 2 aliphatic rings. The van der Waals surface area contributed by atoms with Gasteiger partial charge in [-0.15, -0.1) is 0 Å². The molecule has 2 saturated heterocycles. The van der Waals surface area contributed by atoms with Crippen molar-refractivity contribution in [2.75, 3.05) is 50.0 Å². The number of fused-ring (bicyclic) bond motifs is 1. The van der Waals surface area contributed by atoms with Crippen LogP contribution in [0, 0.1) is 0 Å². The number of imidazole rings is 1. The Kier molecular flexibility index (Phi) is 7.77. The number of carbonyl (C=O) groups excluding carboxylic acids is 1. The molecule has 37 heavy (non-hydrogen) atoms. The summed E-state index contributed by atoms with van der Waals surface area (Å²) in [6, 6.07) is 10.8. The first-order valence-corrected chi connectivity index (χ1v) is 14.0. The van der Waals surface area contributed by atoms with Gasteiger partial charge in [-0.05, 0) is 75.2 Å². The van der Waals surface area contributed by atoms with Crippen LogP contribution in [0.2, 0.25) is 0 Å². The number of rotatable bonds is 10. The van der Waals surface area contributed by atoms with Crippen molar-refractivity contribution in [3.63, 3.8) is 0 Å². The van der Waals surface area contributed by atoms with Crippen LogP contribution in [0.5, 0.6) is 5.75 Å². The van der Waals surface area contributed by atoms with Gasteiger partial charge in [0.1, 0.15) is 10.6 Å². The summed E-state index contributed by atoms with van der Waals surface area (Å²) < 4.78 is 36.5. The summed E-state index contributed by atoms with van der Waals surface area (Å²) in [6.07, 6.45) is 4.69. The van der Waals surface area contributed by atoms with E-state index in [-0.39, 0.29) is 28.7 Å². The highest BCUT2D eigenvalue weighted by Crippen LogP contribution is 2.25. The standard InChI is InChI=1S/C25H32N6O5S/c32-25(26-11-14-31-12-1-2-13-31)30-24-28-22-10-7-19(16-23(22)29-24)36-37(33,34)21-8-5-18(6-9-21)27-17-20-4-3-15-35-20/h5-10,16,20,27H,1-4,11-15,17H2,(H3,26,28,29,30,32). The summed E-state index contributed by atoms with van der Waals surface area (Å²) in [5, 5.41) is 8.76. The second kappa shape index (κ2) is 11.4. The number of carbonyl (C=O) groups is 1. The van der Waals surface area contributed by atoms with E-state index in [2.05, 4.69) is 30.8 Å². The Bertz CT molecular complexity index is 1320. The van der Waals surface area contributed by atoms with Gasteiger partial charge in [-0.25, -0.2) is 9.78 Å². The Balaban J connectivity index is 1.16. The minimum absolute atomic E-state index is 0.0465. The molecule has 198 valence electrons. The molecule has 0 bridgehead atoms. The average molecular weight is 529 g/mol. The summed E-state index contributed by atoms with van der Waals surface area (Å²) in [5.41, 5.74) is 1.92. The molecule has 11 nitrogen and oxygen atoms in total. The van der Waals surface area contributed by atoms with Crippen LogP contribution in [0.3, 0.4) is 0 Å². The lowest BCUT2D eigenvalue weighted by atomic mass is 10.2. The fourth-order valence-corrected chi connectivity index (χ4v) is 5.46. The molecule has 0 radical (unpaired) electrons. The number of amides is 2. The van der Waals surface area contributed by atoms with Gasteiger partial charge in [-0.1, -0.05) is 0 Å². The maximum absolute atomic E-state index is 12.8. The lowest BCUT2D eigenvalue weighted by molar-refractivity contribution is 0.120. The van der Waals surface area contributed by atoms with Gasteiger partial charge in [0.15, 0.2) is 0 Å². The van der Waals surface area contributed by atoms with Crippen molar-refractivity contribution in [1.29, 1.82) is 0 Å². The van der Waals surface area contributed by atoms with Gasteiger partial charge < -0.3 is 29.4 Å². The smallest absolute Gasteiger partial charge is 0.339 e. The lowest BCUT2D eigenvalue weighted by Gasteiger charge is -2.14. The van der Waals surface area contributed by atoms with Crippen LogP contribution in [0.25, 0.3) is 11.0 Å². The van der Waals surface area contributed by atoms with Gasteiger partial charge in [0.25, 0.3) is 0 Å². The normalized spacial score (nSPS) is 18.2. The van der Waals surface area contributed by atoms with E-state index >= 15 is 0 Å². The molecular weight excluding hydrogens is 496 g/mol. The van der Waals surface area contributed by atoms with E-state index in [0.29, 0.717) is 24.1 Å². The second-order valence-electron chi connectivity index (χ2n) is 9.27. The van der Waals surface area contributed by atoms with Crippen LogP contribution in [0.15, 0.2) is 47.4 Å².